The minimum Gasteiger partial charge on any atom is -0.383 e. The van der Waals surface area contributed by atoms with Crippen molar-refractivity contribution in [3.8, 4) is 89.0 Å². The molecule has 0 spiro atoms. The number of aromatic nitrogens is 24. The number of methoxy groups -OCH3 is 1. The molecule has 16 bridgehead atoms. The van der Waals surface area contributed by atoms with E-state index in [2.05, 4.69) is 117 Å². The van der Waals surface area contributed by atoms with Gasteiger partial charge in [0.2, 0.25) is 0 Å². The Morgan fingerprint density at radius 1 is 0.410 bits per heavy atom. The van der Waals surface area contributed by atoms with Gasteiger partial charge in [0.25, 0.3) is 29.4 Å². The van der Waals surface area contributed by atoms with Crippen LogP contribution in [0.5, 0.6) is 0 Å². The first-order valence-electron chi connectivity index (χ1n) is 41.1. The number of piperidine rings is 1. The minimum absolute atomic E-state index is 0.0542. The highest BCUT2D eigenvalue weighted by Crippen LogP contribution is 2.42. The Kier molecular flexibility index (Phi) is 21.0. The summed E-state index contributed by atoms with van der Waals surface area (Å²) in [5.41, 5.74) is 23.5. The van der Waals surface area contributed by atoms with Crippen molar-refractivity contribution in [1.82, 2.24) is 143 Å². The highest BCUT2D eigenvalue weighted by molar-refractivity contribution is 6.07. The fourth-order valence-corrected chi connectivity index (χ4v) is 17.1. The van der Waals surface area contributed by atoms with E-state index in [1.54, 1.807) is 68.8 Å². The predicted octanol–water partition coefficient (Wildman–Crippen LogP) is 11.5. The van der Waals surface area contributed by atoms with Gasteiger partial charge < -0.3 is 54.4 Å². The maximum atomic E-state index is 13.5. The summed E-state index contributed by atoms with van der Waals surface area (Å²) in [6.07, 6.45) is 34.3. The summed E-state index contributed by atoms with van der Waals surface area (Å²) < 4.78 is 19.9. The average molecular weight is 1640 g/mol. The molecule has 16 aromatic heterocycles. The molecule has 0 atom stereocenters. The molecule has 0 aromatic carbocycles. The van der Waals surface area contributed by atoms with E-state index in [1.807, 2.05) is 141 Å². The first-order chi connectivity index (χ1) is 59.1. The SMILES string of the molecule is COCCn1cc2c(n1)C(=O)N(C)CCCn1cc(c(C)n1)-c1c[nH]c3ncc-2cc13.Cc1nn2cc1-c1c[nH]c3ncc(cc13)-c1cn(C)nc1C(=O)N(C)CCC2.Cc1nn2cc1-c1c[nH]c3ncc(cc13)-c1cn(C3CCNCC3)nc1C(=O)N(C)CCC2.[C-]#[N+]c1c2c(nn1C)C(=O)N(C)CCCn1cc(c(C)n1)-c1c[nH]c3ncc-2cc13. The molecule has 622 valence electrons. The zero-order chi connectivity index (χ0) is 84.5. The molecular formula is C87H94N30O5. The van der Waals surface area contributed by atoms with Gasteiger partial charge in [-0.05, 0) is 109 Å². The van der Waals surface area contributed by atoms with Crippen LogP contribution < -0.4 is 5.32 Å². The molecule has 1 fully saturated rings. The number of nitrogens with one attached hydrogen (secondary N) is 5. The Balaban J connectivity index is 0.000000111. The lowest BCUT2D eigenvalue weighted by Crippen LogP contribution is -2.31. The van der Waals surface area contributed by atoms with E-state index < -0.39 is 0 Å². The highest BCUT2D eigenvalue weighted by Gasteiger charge is 2.32. The first kappa shape index (κ1) is 78.9. The van der Waals surface area contributed by atoms with Gasteiger partial charge >= 0.3 is 0 Å². The van der Waals surface area contributed by atoms with Crippen molar-refractivity contribution in [2.75, 3.05) is 81.2 Å². The second-order valence-electron chi connectivity index (χ2n) is 32.0. The molecule has 16 aromatic rings. The van der Waals surface area contributed by atoms with Crippen LogP contribution in [0.25, 0.3) is 138 Å². The maximum Gasteiger partial charge on any atom is 0.275 e. The summed E-state index contributed by atoms with van der Waals surface area (Å²) in [4.78, 5) is 95.0. The molecule has 0 unspecified atom stereocenters. The molecule has 35 heteroatoms. The molecular weight excluding hydrogens is 1550 g/mol. The van der Waals surface area contributed by atoms with Crippen LogP contribution >= 0.6 is 0 Å². The van der Waals surface area contributed by atoms with Crippen LogP contribution in [0.3, 0.4) is 0 Å². The lowest BCUT2D eigenvalue weighted by Gasteiger charge is -2.22. The number of carbonyl (C=O) groups excluding carboxylic acids is 4. The van der Waals surface area contributed by atoms with Crippen molar-refractivity contribution < 1.29 is 23.9 Å². The topological polar surface area (TPSA) is 364 Å². The molecule has 0 saturated carbocycles. The number of fused-ring (bicyclic) bond motifs is 24. The Morgan fingerprint density at radius 3 is 1.17 bits per heavy atom. The van der Waals surface area contributed by atoms with Gasteiger partial charge in [-0.2, -0.15) is 40.4 Å². The predicted molar refractivity (Wildman–Crippen MR) is 461 cm³/mol. The second kappa shape index (κ2) is 32.5. The van der Waals surface area contributed by atoms with Crippen molar-refractivity contribution in [1.29, 1.82) is 0 Å². The zero-order valence-electron chi connectivity index (χ0n) is 70.0. The molecule has 0 aliphatic carbocycles. The zero-order valence-corrected chi connectivity index (χ0v) is 70.0. The number of hydrogen-bond donors (Lipinski definition) is 5. The monoisotopic (exact) mass is 1640 g/mol. The second-order valence-corrected chi connectivity index (χ2v) is 32.0. The van der Waals surface area contributed by atoms with Crippen molar-refractivity contribution in [3.05, 3.63) is 174 Å². The molecule has 4 amide bonds. The Labute approximate surface area is 700 Å². The Bertz CT molecular complexity index is 6770. The molecule has 1 saturated heterocycles. The van der Waals surface area contributed by atoms with Gasteiger partial charge in [-0.1, -0.05) is 11.7 Å². The number of H-pyrrole nitrogens is 4. The number of hydrogen-bond acceptors (Lipinski definition) is 18. The van der Waals surface area contributed by atoms with E-state index >= 15 is 0 Å². The average Bonchev–Trinajstić information content (AvgIpc) is 1.10. The number of aromatic amines is 4. The number of amides is 4. The van der Waals surface area contributed by atoms with E-state index in [0.29, 0.717) is 85.9 Å². The normalized spacial score (nSPS) is 15.2. The van der Waals surface area contributed by atoms with Gasteiger partial charge in [0, 0.05) is 293 Å². The summed E-state index contributed by atoms with van der Waals surface area (Å²) in [6, 6.07) is 8.54. The van der Waals surface area contributed by atoms with Crippen LogP contribution in [-0.2, 0) is 51.6 Å². The molecule has 5 aliphatic heterocycles. The quantitative estimate of drug-likeness (QED) is 0.102. The van der Waals surface area contributed by atoms with Crippen molar-refractivity contribution in [2.24, 2.45) is 14.1 Å². The third-order valence-electron chi connectivity index (χ3n) is 23.7. The number of rotatable bonds is 4. The molecule has 0 radical (unpaired) electrons. The van der Waals surface area contributed by atoms with Gasteiger partial charge in [-0.25, -0.2) is 19.9 Å². The van der Waals surface area contributed by atoms with Crippen LogP contribution in [0.4, 0.5) is 5.82 Å². The Morgan fingerprint density at radius 2 is 0.770 bits per heavy atom. The molecule has 5 aliphatic rings. The molecule has 122 heavy (non-hydrogen) atoms. The number of pyridine rings is 4. The fourth-order valence-electron chi connectivity index (χ4n) is 17.1. The van der Waals surface area contributed by atoms with Crippen molar-refractivity contribution >= 4 is 73.6 Å². The van der Waals surface area contributed by atoms with Crippen molar-refractivity contribution in [2.45, 2.75) is 105 Å². The van der Waals surface area contributed by atoms with Crippen LogP contribution in [0.15, 0.2) is 117 Å². The van der Waals surface area contributed by atoms with Crippen LogP contribution in [0, 0.1) is 34.3 Å². The molecule has 5 N–H and O–H groups in total. The van der Waals surface area contributed by atoms with E-state index in [0.717, 1.165) is 216 Å². The molecule has 21 heterocycles. The third kappa shape index (κ3) is 14.8. The Hall–Kier alpha value is -14.3. The smallest absolute Gasteiger partial charge is 0.275 e. The van der Waals surface area contributed by atoms with Gasteiger partial charge in [0.05, 0.1) is 49.0 Å². The molecule has 35 nitrogen and oxygen atoms in total. The lowest BCUT2D eigenvalue weighted by molar-refractivity contribution is 0.0777. The van der Waals surface area contributed by atoms with Gasteiger partial charge in [-0.3, -0.25) is 52.0 Å². The largest absolute Gasteiger partial charge is 0.383 e. The van der Waals surface area contributed by atoms with E-state index in [4.69, 9.17) is 21.5 Å². The summed E-state index contributed by atoms with van der Waals surface area (Å²) in [5, 5.41) is 44.3. The number of nitrogens with zero attached hydrogens (tertiary/aromatic N) is 25. The summed E-state index contributed by atoms with van der Waals surface area (Å²) in [6.45, 7) is 24.1. The summed E-state index contributed by atoms with van der Waals surface area (Å²) in [7, 11) is 12.4. The lowest BCUT2D eigenvalue weighted by atomic mass is 10.0. The van der Waals surface area contributed by atoms with E-state index in [9.17, 15) is 19.2 Å². The van der Waals surface area contributed by atoms with Gasteiger partial charge in [-0.15, -0.1) is 0 Å². The molecule has 21 rings (SSSR count). The van der Waals surface area contributed by atoms with Crippen LogP contribution in [0.1, 0.15) is 109 Å². The number of ether oxygens (including phenoxy) is 1. The number of carbonyl (C=O) groups is 4. The summed E-state index contributed by atoms with van der Waals surface area (Å²) in [5.74, 6) is -0.129. The standard InChI is InChI=1S/C24H28N8O.C22H25N7O2.C21H20N8O.C20H21N7O/c1-15-20-13-31(28-15)9-3-8-30(2)24(33)22-21(14-32(29-22)17-4-6-25-7-5-17)16-10-18-19(20)12-27-23(18)26-11-16;1-14-18-12-28(25-14)6-4-5-27(2)22(30)20-19(13-29(26-20)7-8-31-3)15-9-16-17(18)11-24-21(16)23-10-15;1-12-16-11-29(25-12)7-5-6-27(3)21(30)18-17(20(22-2)28(4)26-18)13-8-14-15(16)10-24-19(14)23-9-13;1-12-16-11-27(23-12)6-4-5-25(2)20(28)18-17(10-26(3)24-18)13-7-14-15(16)9-22-19(14)21-8-13/h10-14,17,25H,3-9H2,1-2H3,(H,26,27);9-13H,4-8H2,1-3H3,(H,23,24);8-11H,5-7H2,1,3-4H3,(H,23,24);7-11H,4-6H2,1-3H3,(H,21,22). The number of aryl methyl sites for hydroxylation is 10. The first-order valence-corrected chi connectivity index (χ1v) is 41.1. The van der Waals surface area contributed by atoms with Crippen LogP contribution in [0.2, 0.25) is 0 Å². The third-order valence-corrected chi connectivity index (χ3v) is 23.7. The summed E-state index contributed by atoms with van der Waals surface area (Å²) >= 11 is 0. The minimum atomic E-state index is -0.209. The van der Waals surface area contributed by atoms with Gasteiger partial charge in [0.15, 0.2) is 22.8 Å². The van der Waals surface area contributed by atoms with Gasteiger partial charge in [0.1, 0.15) is 22.6 Å². The van der Waals surface area contributed by atoms with Crippen molar-refractivity contribution in [3.63, 3.8) is 0 Å². The fraction of sp³-hybridized carbons (Fsp3) is 0.345. The maximum absolute atomic E-state index is 13.5. The van der Waals surface area contributed by atoms with E-state index in [1.165, 1.54) is 4.68 Å². The van der Waals surface area contributed by atoms with Crippen LogP contribution in [-0.4, -0.2) is 243 Å². The van der Waals surface area contributed by atoms with E-state index in [-0.39, 0.29) is 29.3 Å². The highest BCUT2D eigenvalue weighted by atomic mass is 16.5.